The van der Waals surface area contributed by atoms with E-state index in [9.17, 15) is 28.0 Å². The van der Waals surface area contributed by atoms with E-state index >= 15 is 0 Å². The van der Waals surface area contributed by atoms with Gasteiger partial charge in [0.1, 0.15) is 6.07 Å². The number of nitrogens with one attached hydrogen (secondary N) is 1. The summed E-state index contributed by atoms with van der Waals surface area (Å²) in [6.07, 6.45) is -0.200. The molecule has 3 aromatic heterocycles. The number of nitriles is 1. The number of carbonyl (C=O) groups is 1. The maximum Gasteiger partial charge on any atom is 0.434 e. The number of hydrogen-bond acceptors (Lipinski definition) is 6. The van der Waals surface area contributed by atoms with Crippen molar-refractivity contribution in [3.63, 3.8) is 0 Å². The van der Waals surface area contributed by atoms with Crippen molar-refractivity contribution >= 4 is 28.5 Å². The summed E-state index contributed by atoms with van der Waals surface area (Å²) in [6.45, 7) is 0.394. The summed E-state index contributed by atoms with van der Waals surface area (Å²) in [5.41, 5.74) is -0.753. The van der Waals surface area contributed by atoms with E-state index in [0.29, 0.717) is 43.3 Å². The van der Waals surface area contributed by atoms with Crippen LogP contribution in [0.3, 0.4) is 0 Å². The van der Waals surface area contributed by atoms with Gasteiger partial charge < -0.3 is 5.32 Å². The van der Waals surface area contributed by atoms with Gasteiger partial charge in [-0.1, -0.05) is 23.7 Å². The minimum Gasteiger partial charge on any atom is -0.349 e. The Hall–Kier alpha value is -4.24. The zero-order valence-electron chi connectivity index (χ0n) is 20.3. The quantitative estimate of drug-likeness (QED) is 0.387. The van der Waals surface area contributed by atoms with Gasteiger partial charge >= 0.3 is 11.9 Å². The fraction of sp³-hybridized carbons (Fsp3) is 0.308. The van der Waals surface area contributed by atoms with Gasteiger partial charge in [0.05, 0.1) is 33.4 Å². The van der Waals surface area contributed by atoms with Crippen LogP contribution >= 0.6 is 11.6 Å². The van der Waals surface area contributed by atoms with Crippen LogP contribution in [0.4, 0.5) is 13.2 Å². The SMILES string of the molecule is N#Cc1ccnnc1-n1c(=O)n(C[C@H]2CC[C@H](NC(=O)c3cc(Cl)cnc3C(F)(F)F)CC2)c2ccccc21. The van der Waals surface area contributed by atoms with Gasteiger partial charge in [-0.25, -0.2) is 14.3 Å². The zero-order valence-corrected chi connectivity index (χ0v) is 21.1. The second kappa shape index (κ2) is 10.5. The number of carbonyl (C=O) groups excluding carboxylic acids is 1. The first-order valence-corrected chi connectivity index (χ1v) is 12.5. The van der Waals surface area contributed by atoms with Crippen molar-refractivity contribution in [1.82, 2.24) is 29.6 Å². The lowest BCUT2D eigenvalue weighted by molar-refractivity contribution is -0.141. The Kier molecular flexibility index (Phi) is 7.10. The van der Waals surface area contributed by atoms with Crippen LogP contribution in [0.15, 0.2) is 53.6 Å². The normalized spacial score (nSPS) is 17.6. The van der Waals surface area contributed by atoms with E-state index in [4.69, 9.17) is 11.6 Å². The first-order valence-electron chi connectivity index (χ1n) is 12.1. The van der Waals surface area contributed by atoms with Gasteiger partial charge in [0.15, 0.2) is 11.5 Å². The number of hydrogen-bond donors (Lipinski definition) is 1. The first-order chi connectivity index (χ1) is 18.7. The molecule has 3 heterocycles. The molecule has 1 amide bonds. The number of alkyl halides is 3. The molecule has 0 aliphatic heterocycles. The number of fused-ring (bicyclic) bond motifs is 1. The summed E-state index contributed by atoms with van der Waals surface area (Å²) in [4.78, 5) is 29.5. The van der Waals surface area contributed by atoms with E-state index in [1.807, 2.05) is 18.2 Å². The van der Waals surface area contributed by atoms with Crippen molar-refractivity contribution < 1.29 is 18.0 Å². The minimum absolute atomic E-state index is 0.0650. The highest BCUT2D eigenvalue weighted by Gasteiger charge is 2.38. The molecular formula is C26H21ClF3N7O2. The molecule has 0 spiro atoms. The molecule has 39 heavy (non-hydrogen) atoms. The molecule has 0 atom stereocenters. The lowest BCUT2D eigenvalue weighted by Gasteiger charge is -2.29. The standard InChI is InChI=1S/C26H21ClF3N7O2/c27-17-11-19(22(32-13-17)26(28,29)30)24(38)34-18-7-5-15(6-8-18)14-36-20-3-1-2-4-21(20)37(25(36)39)23-16(12-31)9-10-33-35-23/h1-4,9-11,13,15,18H,5-8,14H2,(H,34,38)/t15-,18-. The predicted molar refractivity (Wildman–Crippen MR) is 135 cm³/mol. The van der Waals surface area contributed by atoms with E-state index in [0.717, 1.165) is 12.3 Å². The van der Waals surface area contributed by atoms with Crippen molar-refractivity contribution in [2.45, 2.75) is 44.4 Å². The Morgan fingerprint density at radius 2 is 1.87 bits per heavy atom. The van der Waals surface area contributed by atoms with Crippen molar-refractivity contribution in [3.8, 4) is 11.9 Å². The van der Waals surface area contributed by atoms with Crippen LogP contribution in [0, 0.1) is 17.2 Å². The number of aromatic nitrogens is 5. The second-order valence-electron chi connectivity index (χ2n) is 9.34. The van der Waals surface area contributed by atoms with Crippen molar-refractivity contribution in [2.75, 3.05) is 0 Å². The Bertz CT molecular complexity index is 1650. The molecule has 0 unspecified atom stereocenters. The lowest BCUT2D eigenvalue weighted by atomic mass is 9.85. The van der Waals surface area contributed by atoms with E-state index < -0.39 is 23.3 Å². The van der Waals surface area contributed by atoms with Gasteiger partial charge in [0.2, 0.25) is 0 Å². The third kappa shape index (κ3) is 5.22. The maximum atomic E-state index is 13.5. The number of nitrogens with zero attached hydrogens (tertiary/aromatic N) is 6. The highest BCUT2D eigenvalue weighted by atomic mass is 35.5. The summed E-state index contributed by atoms with van der Waals surface area (Å²) in [7, 11) is 0. The molecular weight excluding hydrogens is 535 g/mol. The van der Waals surface area contributed by atoms with E-state index in [2.05, 4.69) is 20.5 Å². The number of pyridine rings is 1. The maximum absolute atomic E-state index is 13.5. The molecule has 4 aromatic rings. The molecule has 1 N–H and O–H groups in total. The molecule has 1 aliphatic rings. The van der Waals surface area contributed by atoms with Crippen LogP contribution in [0.5, 0.6) is 0 Å². The monoisotopic (exact) mass is 555 g/mol. The van der Waals surface area contributed by atoms with Crippen LogP contribution in [-0.4, -0.2) is 36.3 Å². The Balaban J connectivity index is 1.32. The molecule has 200 valence electrons. The molecule has 1 aliphatic carbocycles. The molecule has 1 fully saturated rings. The van der Waals surface area contributed by atoms with Gasteiger partial charge in [-0.2, -0.15) is 23.5 Å². The summed E-state index contributed by atoms with van der Waals surface area (Å²) < 4.78 is 43.0. The number of benzene rings is 1. The first kappa shape index (κ1) is 26.4. The molecule has 1 saturated carbocycles. The van der Waals surface area contributed by atoms with E-state index in [-0.39, 0.29) is 34.1 Å². The summed E-state index contributed by atoms with van der Waals surface area (Å²) in [5.74, 6) is -0.636. The zero-order chi connectivity index (χ0) is 27.7. The lowest BCUT2D eigenvalue weighted by Crippen LogP contribution is -2.39. The van der Waals surface area contributed by atoms with E-state index in [1.165, 1.54) is 16.8 Å². The molecule has 5 rings (SSSR count). The molecule has 9 nitrogen and oxygen atoms in total. The van der Waals surface area contributed by atoms with Crippen LogP contribution < -0.4 is 11.0 Å². The van der Waals surface area contributed by atoms with Crippen LogP contribution in [0.2, 0.25) is 5.02 Å². The summed E-state index contributed by atoms with van der Waals surface area (Å²) >= 11 is 5.80. The van der Waals surface area contributed by atoms with E-state index in [1.54, 1.807) is 16.7 Å². The number of amides is 1. The number of para-hydroxylation sites is 2. The van der Waals surface area contributed by atoms with Gasteiger partial charge in [0.25, 0.3) is 5.91 Å². The summed E-state index contributed by atoms with van der Waals surface area (Å²) in [5, 5.41) is 20.0. The second-order valence-corrected chi connectivity index (χ2v) is 9.77. The molecule has 1 aromatic carbocycles. The molecule has 0 bridgehead atoms. The van der Waals surface area contributed by atoms with Crippen molar-refractivity contribution in [1.29, 1.82) is 5.26 Å². The van der Waals surface area contributed by atoms with Crippen LogP contribution in [-0.2, 0) is 12.7 Å². The summed E-state index contributed by atoms with van der Waals surface area (Å²) in [6, 6.07) is 11.4. The fourth-order valence-electron chi connectivity index (χ4n) is 5.02. The van der Waals surface area contributed by atoms with Gasteiger partial charge in [-0.3, -0.25) is 9.36 Å². The highest BCUT2D eigenvalue weighted by Crippen LogP contribution is 2.32. The average molecular weight is 556 g/mol. The molecule has 0 radical (unpaired) electrons. The van der Waals surface area contributed by atoms with Gasteiger partial charge in [-0.05, 0) is 55.9 Å². The van der Waals surface area contributed by atoms with Gasteiger partial charge in [0, 0.05) is 18.8 Å². The third-order valence-electron chi connectivity index (χ3n) is 6.86. The van der Waals surface area contributed by atoms with Crippen LogP contribution in [0.1, 0.15) is 47.3 Å². The third-order valence-corrected chi connectivity index (χ3v) is 7.07. The number of rotatable bonds is 5. The van der Waals surface area contributed by atoms with Crippen LogP contribution in [0.25, 0.3) is 16.9 Å². The van der Waals surface area contributed by atoms with Crippen molar-refractivity contribution in [2.24, 2.45) is 5.92 Å². The Morgan fingerprint density at radius 1 is 1.15 bits per heavy atom. The Morgan fingerprint density at radius 3 is 2.56 bits per heavy atom. The average Bonchev–Trinajstić information content (AvgIpc) is 3.19. The topological polar surface area (TPSA) is 118 Å². The smallest absolute Gasteiger partial charge is 0.349 e. The highest BCUT2D eigenvalue weighted by molar-refractivity contribution is 6.30. The minimum atomic E-state index is -4.79. The number of halogens is 4. The number of imidazole rings is 1. The predicted octanol–water partition coefficient (Wildman–Crippen LogP) is 4.51. The molecule has 13 heteroatoms. The van der Waals surface area contributed by atoms with Crippen molar-refractivity contribution in [3.05, 3.63) is 81.1 Å². The molecule has 0 saturated heterocycles. The Labute approximate surface area is 224 Å². The fourth-order valence-corrected chi connectivity index (χ4v) is 5.17. The van der Waals surface area contributed by atoms with Gasteiger partial charge in [-0.15, -0.1) is 5.10 Å². The largest absolute Gasteiger partial charge is 0.434 e.